The molecule has 0 spiro atoms. The van der Waals surface area contributed by atoms with Gasteiger partial charge in [0.1, 0.15) is 0 Å². The predicted molar refractivity (Wildman–Crippen MR) is 117 cm³/mol. The molecule has 2 aromatic carbocycles. The van der Waals surface area contributed by atoms with Crippen LogP contribution in [0.2, 0.25) is 0 Å². The Labute approximate surface area is 182 Å². The van der Waals surface area contributed by atoms with Gasteiger partial charge in [0.05, 0.1) is 11.4 Å². The zero-order valence-electron chi connectivity index (χ0n) is 17.1. The number of amides is 1. The molecule has 0 aliphatic carbocycles. The van der Waals surface area contributed by atoms with Gasteiger partial charge >= 0.3 is 0 Å². The first-order chi connectivity index (χ1) is 14.8. The number of halogens is 2. The number of ketones is 1. The lowest BCUT2D eigenvalue weighted by Crippen LogP contribution is -2.52. The number of carbonyl (C=O) groups is 2. The molecule has 4 rings (SSSR count). The van der Waals surface area contributed by atoms with E-state index < -0.39 is 23.7 Å². The van der Waals surface area contributed by atoms with E-state index >= 15 is 0 Å². The molecule has 6 nitrogen and oxygen atoms in total. The zero-order valence-corrected chi connectivity index (χ0v) is 18.0. The van der Waals surface area contributed by atoms with Crippen molar-refractivity contribution in [1.29, 1.82) is 0 Å². The first kappa shape index (κ1) is 21.0. The van der Waals surface area contributed by atoms with E-state index in [-0.39, 0.29) is 17.2 Å². The van der Waals surface area contributed by atoms with Crippen LogP contribution < -0.4 is 10.3 Å². The second kappa shape index (κ2) is 8.14. The highest BCUT2D eigenvalue weighted by atomic mass is 32.2. The van der Waals surface area contributed by atoms with Gasteiger partial charge in [0.25, 0.3) is 5.91 Å². The number of nitrogens with one attached hydrogen (secondary N) is 1. The molecule has 2 aliphatic rings. The van der Waals surface area contributed by atoms with Crippen LogP contribution in [0.15, 0.2) is 47.8 Å². The number of anilines is 1. The van der Waals surface area contributed by atoms with Crippen LogP contribution in [0.4, 0.5) is 14.5 Å². The smallest absolute Gasteiger partial charge is 0.276 e. The first-order valence-corrected chi connectivity index (χ1v) is 10.6. The number of amidine groups is 1. The molecule has 0 saturated carbocycles. The van der Waals surface area contributed by atoms with E-state index in [2.05, 4.69) is 10.5 Å². The van der Waals surface area contributed by atoms with Crippen LogP contribution in [0, 0.1) is 32.4 Å². The van der Waals surface area contributed by atoms with Crippen LogP contribution in [0.1, 0.15) is 27.0 Å². The number of carbonyl (C=O) groups excluding carboxylic acids is 2. The van der Waals surface area contributed by atoms with Crippen LogP contribution in [0.25, 0.3) is 0 Å². The molecule has 2 aromatic rings. The van der Waals surface area contributed by atoms with E-state index in [0.29, 0.717) is 10.7 Å². The molecule has 0 fully saturated rings. The Hall–Kier alpha value is -3.20. The summed E-state index contributed by atoms with van der Waals surface area (Å²) in [6.07, 6.45) is 2.26. The molecule has 1 atom stereocenters. The lowest BCUT2D eigenvalue weighted by Gasteiger charge is -2.31. The largest absolute Gasteiger partial charge is 0.294 e. The average Bonchev–Trinajstić information content (AvgIpc) is 3.15. The number of nitrogens with zero attached hydrogens (tertiary/aromatic N) is 3. The van der Waals surface area contributed by atoms with Gasteiger partial charge < -0.3 is 0 Å². The molecule has 31 heavy (non-hydrogen) atoms. The van der Waals surface area contributed by atoms with Gasteiger partial charge in [-0.3, -0.25) is 24.8 Å². The van der Waals surface area contributed by atoms with E-state index in [1.807, 2.05) is 32.9 Å². The maximum atomic E-state index is 13.6. The standard InChI is InChI=1S/C22H20F2N4O2S/c1-12-8-14(3)16(9-13(12)2)19(29)11-31-22-26-25-20-21(30)27(6-7-28(20)22)15-4-5-17(23)18(24)10-15/h4-10,20,25H,11H2,1-3H3. The van der Waals surface area contributed by atoms with E-state index in [9.17, 15) is 18.4 Å². The Morgan fingerprint density at radius 1 is 1.06 bits per heavy atom. The third kappa shape index (κ3) is 3.93. The van der Waals surface area contributed by atoms with Gasteiger partial charge in [-0.1, -0.05) is 17.8 Å². The van der Waals surface area contributed by atoms with Crippen molar-refractivity contribution < 1.29 is 18.4 Å². The van der Waals surface area contributed by atoms with Crippen molar-refractivity contribution in [2.75, 3.05) is 10.7 Å². The second-order valence-corrected chi connectivity index (χ2v) is 8.34. The molecule has 0 bridgehead atoms. The first-order valence-electron chi connectivity index (χ1n) is 9.58. The minimum absolute atomic E-state index is 0.0209. The normalized spacial score (nSPS) is 17.5. The monoisotopic (exact) mass is 442 g/mol. The lowest BCUT2D eigenvalue weighted by molar-refractivity contribution is -0.122. The Morgan fingerprint density at radius 3 is 2.55 bits per heavy atom. The number of hydrogen-bond donors (Lipinski definition) is 1. The van der Waals surface area contributed by atoms with Crippen molar-refractivity contribution in [1.82, 2.24) is 10.3 Å². The molecule has 160 valence electrons. The predicted octanol–water partition coefficient (Wildman–Crippen LogP) is 3.83. The molecular weight excluding hydrogens is 422 g/mol. The Bertz CT molecular complexity index is 1150. The van der Waals surface area contributed by atoms with Gasteiger partial charge in [0.2, 0.25) is 6.17 Å². The summed E-state index contributed by atoms with van der Waals surface area (Å²) < 4.78 is 26.8. The summed E-state index contributed by atoms with van der Waals surface area (Å²) in [5.74, 6) is -2.27. The van der Waals surface area contributed by atoms with Crippen molar-refractivity contribution in [3.8, 4) is 0 Å². The van der Waals surface area contributed by atoms with Crippen LogP contribution in [0.3, 0.4) is 0 Å². The second-order valence-electron chi connectivity index (χ2n) is 7.40. The zero-order chi connectivity index (χ0) is 22.3. The summed E-state index contributed by atoms with van der Waals surface area (Å²) in [7, 11) is 0. The van der Waals surface area contributed by atoms with Crippen molar-refractivity contribution in [3.63, 3.8) is 0 Å². The fourth-order valence-electron chi connectivity index (χ4n) is 3.44. The SMILES string of the molecule is Cc1cc(C)c(C(=O)CSC2=NNC3C(=O)N(c4ccc(F)c(F)c4)C=CN23)cc1C. The van der Waals surface area contributed by atoms with Crippen molar-refractivity contribution in [2.45, 2.75) is 26.9 Å². The quantitative estimate of drug-likeness (QED) is 0.730. The number of hydrogen-bond acceptors (Lipinski definition) is 6. The maximum absolute atomic E-state index is 13.6. The van der Waals surface area contributed by atoms with Crippen molar-refractivity contribution in [2.24, 2.45) is 5.10 Å². The third-order valence-electron chi connectivity index (χ3n) is 5.28. The van der Waals surface area contributed by atoms with Gasteiger partial charge in [-0.2, -0.15) is 5.10 Å². The number of fused-ring (bicyclic) bond motifs is 1. The summed E-state index contributed by atoms with van der Waals surface area (Å²) in [5.41, 5.74) is 6.75. The van der Waals surface area contributed by atoms with Gasteiger partial charge in [0, 0.05) is 24.0 Å². The van der Waals surface area contributed by atoms with Gasteiger partial charge in [-0.05, 0) is 55.7 Å². The fourth-order valence-corrected chi connectivity index (χ4v) is 4.29. The summed E-state index contributed by atoms with van der Waals surface area (Å²) in [5, 5.41) is 4.66. The molecule has 2 aliphatic heterocycles. The van der Waals surface area contributed by atoms with Crippen molar-refractivity contribution >= 4 is 34.3 Å². The highest BCUT2D eigenvalue weighted by Crippen LogP contribution is 2.27. The summed E-state index contributed by atoms with van der Waals surface area (Å²) in [6.45, 7) is 5.89. The molecular formula is C22H20F2N4O2S. The lowest BCUT2D eigenvalue weighted by atomic mass is 9.99. The van der Waals surface area contributed by atoms with Crippen LogP contribution in [0.5, 0.6) is 0 Å². The van der Waals surface area contributed by atoms with Crippen LogP contribution >= 0.6 is 11.8 Å². The molecule has 9 heteroatoms. The fraction of sp³-hybridized carbons (Fsp3) is 0.227. The summed E-state index contributed by atoms with van der Waals surface area (Å²) in [6, 6.07) is 7.15. The number of benzene rings is 2. The number of Topliss-reactive ketones (excluding diaryl/α,β-unsaturated/α-hetero) is 1. The van der Waals surface area contributed by atoms with E-state index in [0.717, 1.165) is 28.8 Å². The molecule has 1 unspecified atom stereocenters. The topological polar surface area (TPSA) is 65.0 Å². The van der Waals surface area contributed by atoms with Gasteiger partial charge in [-0.15, -0.1) is 0 Å². The minimum atomic E-state index is -1.03. The molecule has 0 aromatic heterocycles. The minimum Gasteiger partial charge on any atom is -0.294 e. The van der Waals surface area contributed by atoms with Crippen LogP contribution in [-0.2, 0) is 4.79 Å². The van der Waals surface area contributed by atoms with Crippen molar-refractivity contribution in [3.05, 3.63) is 76.6 Å². The molecule has 1 N–H and O–H groups in total. The van der Waals surface area contributed by atoms with E-state index in [1.165, 1.54) is 28.9 Å². The highest BCUT2D eigenvalue weighted by Gasteiger charge is 2.38. The van der Waals surface area contributed by atoms with E-state index in [1.54, 1.807) is 11.1 Å². The summed E-state index contributed by atoms with van der Waals surface area (Å²) in [4.78, 5) is 28.4. The highest BCUT2D eigenvalue weighted by molar-refractivity contribution is 8.14. The number of aryl methyl sites for hydroxylation is 3. The van der Waals surface area contributed by atoms with Crippen LogP contribution in [-0.4, -0.2) is 33.7 Å². The Morgan fingerprint density at radius 2 is 1.81 bits per heavy atom. The van der Waals surface area contributed by atoms with E-state index in [4.69, 9.17) is 0 Å². The molecule has 0 radical (unpaired) electrons. The summed E-state index contributed by atoms with van der Waals surface area (Å²) >= 11 is 1.23. The number of rotatable bonds is 4. The van der Waals surface area contributed by atoms with Gasteiger partial charge in [-0.25, -0.2) is 8.78 Å². The number of hydrazone groups is 1. The average molecular weight is 442 g/mol. The molecule has 1 amide bonds. The number of thioether (sulfide) groups is 1. The maximum Gasteiger partial charge on any atom is 0.276 e. The van der Waals surface area contributed by atoms with Gasteiger partial charge in [0.15, 0.2) is 22.6 Å². The molecule has 2 heterocycles. The third-order valence-corrected chi connectivity index (χ3v) is 6.25. The Balaban J connectivity index is 1.46. The molecule has 0 saturated heterocycles. The Kier molecular flexibility index (Phi) is 5.53.